The minimum atomic E-state index is -0.291. The van der Waals surface area contributed by atoms with Gasteiger partial charge in [0.2, 0.25) is 0 Å². The van der Waals surface area contributed by atoms with Gasteiger partial charge in [0.15, 0.2) is 0 Å². The lowest BCUT2D eigenvalue weighted by Gasteiger charge is -1.93. The van der Waals surface area contributed by atoms with Gasteiger partial charge in [-0.05, 0) is 6.07 Å². The molecule has 0 aliphatic carbocycles. The number of benzene rings is 1. The molecule has 2 aromatic rings. The fourth-order valence-electron chi connectivity index (χ4n) is 1.36. The Balaban J connectivity index is 2.88. The summed E-state index contributed by atoms with van der Waals surface area (Å²) in [5.41, 5.74) is 0.730. The number of nitriles is 1. The van der Waals surface area contributed by atoms with Crippen LogP contribution in [-0.4, -0.2) is 0 Å². The van der Waals surface area contributed by atoms with Crippen molar-refractivity contribution in [2.24, 2.45) is 0 Å². The van der Waals surface area contributed by atoms with E-state index in [0.29, 0.717) is 9.58 Å². The highest BCUT2D eigenvalue weighted by atomic mass is 35.5. The van der Waals surface area contributed by atoms with E-state index < -0.39 is 0 Å². The molecule has 2 rings (SSSR count). The van der Waals surface area contributed by atoms with Gasteiger partial charge in [0.05, 0.1) is 10.6 Å². The first-order valence-electron chi connectivity index (χ1n) is 3.94. The molecule has 0 aliphatic rings. The van der Waals surface area contributed by atoms with E-state index in [-0.39, 0.29) is 11.7 Å². The van der Waals surface area contributed by atoms with Gasteiger partial charge < -0.3 is 0 Å². The molecular formula is C10H5ClFNS. The molecule has 0 radical (unpaired) electrons. The maximum absolute atomic E-state index is 13.3. The minimum absolute atomic E-state index is 0.242. The Hall–Kier alpha value is -1.11. The number of halogens is 2. The van der Waals surface area contributed by atoms with Crippen LogP contribution in [0.15, 0.2) is 18.2 Å². The molecule has 0 N–H and O–H groups in total. The number of nitrogens with zero attached hydrogens (tertiary/aromatic N) is 1. The van der Waals surface area contributed by atoms with Gasteiger partial charge >= 0.3 is 0 Å². The van der Waals surface area contributed by atoms with E-state index >= 15 is 0 Å². The maximum Gasteiger partial charge on any atom is 0.141 e. The van der Waals surface area contributed by atoms with Gasteiger partial charge in [0.25, 0.3) is 0 Å². The zero-order valence-electron chi connectivity index (χ0n) is 7.05. The van der Waals surface area contributed by atoms with Crippen LogP contribution in [0, 0.1) is 17.1 Å². The zero-order valence-corrected chi connectivity index (χ0v) is 8.62. The molecule has 0 saturated carbocycles. The summed E-state index contributed by atoms with van der Waals surface area (Å²) < 4.78 is 13.8. The molecule has 0 atom stereocenters. The summed E-state index contributed by atoms with van der Waals surface area (Å²) in [5, 5.41) is 9.57. The minimum Gasteiger partial charge on any atom is -0.205 e. The Kier molecular flexibility index (Phi) is 2.40. The predicted molar refractivity (Wildman–Crippen MR) is 56.1 cm³/mol. The second-order valence-corrected chi connectivity index (χ2v) is 4.06. The van der Waals surface area contributed by atoms with Gasteiger partial charge in [-0.3, -0.25) is 0 Å². The standard InChI is InChI=1S/C10H5ClFNS/c11-4-7-6-2-1-3-8(12)10(6)14-9(7)5-13/h1-3H,4H2. The Morgan fingerprint density at radius 3 is 2.93 bits per heavy atom. The highest BCUT2D eigenvalue weighted by molar-refractivity contribution is 7.19. The third-order valence-corrected chi connectivity index (χ3v) is 3.43. The van der Waals surface area contributed by atoms with Crippen LogP contribution in [0.1, 0.15) is 10.4 Å². The SMILES string of the molecule is N#Cc1sc2c(F)cccc2c1CCl. The summed E-state index contributed by atoms with van der Waals surface area (Å²) in [7, 11) is 0. The Morgan fingerprint density at radius 2 is 2.29 bits per heavy atom. The summed E-state index contributed by atoms with van der Waals surface area (Å²) >= 11 is 6.87. The lowest BCUT2D eigenvalue weighted by atomic mass is 10.1. The molecule has 0 unspecified atom stereocenters. The van der Waals surface area contributed by atoms with E-state index in [0.717, 1.165) is 22.3 Å². The molecule has 0 amide bonds. The third-order valence-electron chi connectivity index (χ3n) is 2.01. The molecule has 1 heterocycles. The van der Waals surface area contributed by atoms with E-state index in [4.69, 9.17) is 16.9 Å². The molecule has 0 saturated heterocycles. The Labute approximate surface area is 89.3 Å². The van der Waals surface area contributed by atoms with Gasteiger partial charge in [-0.25, -0.2) is 4.39 Å². The Bertz CT molecular complexity index is 527. The van der Waals surface area contributed by atoms with Gasteiger partial charge in [0, 0.05) is 10.9 Å². The molecule has 1 nitrogen and oxygen atoms in total. The number of rotatable bonds is 1. The van der Waals surface area contributed by atoms with Crippen LogP contribution < -0.4 is 0 Å². The second-order valence-electron chi connectivity index (χ2n) is 2.77. The van der Waals surface area contributed by atoms with Gasteiger partial charge in [-0.2, -0.15) is 5.26 Å². The summed E-state index contributed by atoms with van der Waals surface area (Å²) in [6, 6.07) is 6.83. The first kappa shape index (κ1) is 9.45. The van der Waals surface area contributed by atoms with Crippen molar-refractivity contribution in [3.05, 3.63) is 34.5 Å². The van der Waals surface area contributed by atoms with Gasteiger partial charge in [0.1, 0.15) is 16.8 Å². The van der Waals surface area contributed by atoms with E-state index in [9.17, 15) is 4.39 Å². The Morgan fingerprint density at radius 1 is 1.50 bits per heavy atom. The first-order chi connectivity index (χ1) is 6.77. The average molecular weight is 226 g/mol. The van der Waals surface area contributed by atoms with Crippen LogP contribution in [0.2, 0.25) is 0 Å². The highest BCUT2D eigenvalue weighted by Gasteiger charge is 2.13. The zero-order chi connectivity index (χ0) is 10.1. The van der Waals surface area contributed by atoms with Crippen molar-refractivity contribution in [1.29, 1.82) is 5.26 Å². The van der Waals surface area contributed by atoms with Crippen LogP contribution in [0.4, 0.5) is 4.39 Å². The summed E-state index contributed by atoms with van der Waals surface area (Å²) in [6.45, 7) is 0. The summed E-state index contributed by atoms with van der Waals surface area (Å²) in [6.07, 6.45) is 0. The summed E-state index contributed by atoms with van der Waals surface area (Å²) in [4.78, 5) is 0.500. The van der Waals surface area contributed by atoms with Crippen LogP contribution in [0.5, 0.6) is 0 Å². The normalized spacial score (nSPS) is 10.4. The number of alkyl halides is 1. The largest absolute Gasteiger partial charge is 0.205 e. The molecule has 0 aliphatic heterocycles. The molecule has 0 spiro atoms. The monoisotopic (exact) mass is 225 g/mol. The molecule has 1 aromatic heterocycles. The van der Waals surface area contributed by atoms with Gasteiger partial charge in [-0.1, -0.05) is 12.1 Å². The number of thiophene rings is 1. The maximum atomic E-state index is 13.3. The molecule has 1 aromatic carbocycles. The molecule has 14 heavy (non-hydrogen) atoms. The van der Waals surface area contributed by atoms with Crippen LogP contribution in [-0.2, 0) is 5.88 Å². The van der Waals surface area contributed by atoms with Crippen molar-refractivity contribution in [1.82, 2.24) is 0 Å². The van der Waals surface area contributed by atoms with E-state index in [2.05, 4.69) is 0 Å². The van der Waals surface area contributed by atoms with Crippen molar-refractivity contribution < 1.29 is 4.39 Å². The van der Waals surface area contributed by atoms with Crippen molar-refractivity contribution in [2.75, 3.05) is 0 Å². The second kappa shape index (κ2) is 3.56. The fourth-order valence-corrected chi connectivity index (χ4v) is 2.74. The topological polar surface area (TPSA) is 23.8 Å². The van der Waals surface area contributed by atoms with Crippen LogP contribution >= 0.6 is 22.9 Å². The first-order valence-corrected chi connectivity index (χ1v) is 5.29. The van der Waals surface area contributed by atoms with Crippen molar-refractivity contribution in [3.8, 4) is 6.07 Å². The molecule has 4 heteroatoms. The number of hydrogen-bond acceptors (Lipinski definition) is 2. The van der Waals surface area contributed by atoms with Gasteiger partial charge in [-0.15, -0.1) is 22.9 Å². The smallest absolute Gasteiger partial charge is 0.141 e. The van der Waals surface area contributed by atoms with Crippen LogP contribution in [0.3, 0.4) is 0 Å². The van der Waals surface area contributed by atoms with Crippen molar-refractivity contribution in [3.63, 3.8) is 0 Å². The predicted octanol–water partition coefficient (Wildman–Crippen LogP) is 3.65. The molecular weight excluding hydrogens is 221 g/mol. The lowest BCUT2D eigenvalue weighted by molar-refractivity contribution is 0.641. The highest BCUT2D eigenvalue weighted by Crippen LogP contribution is 2.33. The van der Waals surface area contributed by atoms with Crippen molar-refractivity contribution >= 4 is 33.0 Å². The average Bonchev–Trinajstić information content (AvgIpc) is 2.57. The number of fused-ring (bicyclic) bond motifs is 1. The van der Waals surface area contributed by atoms with Crippen molar-refractivity contribution in [2.45, 2.75) is 5.88 Å². The lowest BCUT2D eigenvalue weighted by Crippen LogP contribution is -1.78. The third kappa shape index (κ3) is 1.28. The van der Waals surface area contributed by atoms with E-state index in [1.54, 1.807) is 12.1 Å². The fraction of sp³-hybridized carbons (Fsp3) is 0.100. The van der Waals surface area contributed by atoms with Crippen LogP contribution in [0.25, 0.3) is 10.1 Å². The number of hydrogen-bond donors (Lipinski definition) is 0. The van der Waals surface area contributed by atoms with E-state index in [1.807, 2.05) is 6.07 Å². The van der Waals surface area contributed by atoms with E-state index in [1.165, 1.54) is 6.07 Å². The summed E-state index contributed by atoms with van der Waals surface area (Å²) in [5.74, 6) is -0.0489. The molecule has 0 bridgehead atoms. The quantitative estimate of drug-likeness (QED) is 0.680. The molecule has 0 fully saturated rings. The molecule has 70 valence electrons.